The molecule has 1 heterocycles. The van der Waals surface area contributed by atoms with Gasteiger partial charge in [0.05, 0.1) is 7.11 Å². The Morgan fingerprint density at radius 2 is 1.81 bits per heavy atom. The minimum absolute atomic E-state index is 0.227. The Bertz CT molecular complexity index is 908. The summed E-state index contributed by atoms with van der Waals surface area (Å²) >= 11 is 5.82. The van der Waals surface area contributed by atoms with Crippen molar-refractivity contribution >= 4 is 33.8 Å². The Balaban J connectivity index is 1.92. The normalized spacial score (nSPS) is 11.9. The molecule has 0 saturated carbocycles. The van der Waals surface area contributed by atoms with Gasteiger partial charge in [0.15, 0.2) is 0 Å². The standard InChI is InChI=1S/C20H19ClN2O3/c1-26-19(24)18(11-15-12-22-17-10-6-5-9-16(15)17)23(20(21)25)13-14-7-3-2-4-8-14/h2-10,12,18,22H,11,13H2,1H3. The van der Waals surface area contributed by atoms with Crippen LogP contribution in [-0.4, -0.2) is 34.4 Å². The van der Waals surface area contributed by atoms with Gasteiger partial charge < -0.3 is 14.6 Å². The molecule has 134 valence electrons. The van der Waals surface area contributed by atoms with Crippen molar-refractivity contribution in [2.45, 2.75) is 19.0 Å². The molecular formula is C20H19ClN2O3. The van der Waals surface area contributed by atoms with E-state index in [9.17, 15) is 9.59 Å². The minimum atomic E-state index is -0.815. The summed E-state index contributed by atoms with van der Waals surface area (Å²) < 4.78 is 4.94. The van der Waals surface area contributed by atoms with Crippen molar-refractivity contribution in [3.05, 3.63) is 71.9 Å². The van der Waals surface area contributed by atoms with Gasteiger partial charge in [-0.1, -0.05) is 48.5 Å². The second-order valence-corrected chi connectivity index (χ2v) is 6.29. The number of nitrogens with zero attached hydrogens (tertiary/aromatic N) is 1. The summed E-state index contributed by atoms with van der Waals surface area (Å²) in [5.74, 6) is -0.500. The zero-order chi connectivity index (χ0) is 18.5. The third-order valence-corrected chi connectivity index (χ3v) is 4.58. The molecule has 6 heteroatoms. The maximum absolute atomic E-state index is 12.4. The molecule has 0 aliphatic carbocycles. The predicted octanol–water partition coefficient (Wildman–Crippen LogP) is 4.11. The lowest BCUT2D eigenvalue weighted by atomic mass is 10.0. The minimum Gasteiger partial charge on any atom is -0.467 e. The fraction of sp³-hybridized carbons (Fsp3) is 0.200. The molecular weight excluding hydrogens is 352 g/mol. The zero-order valence-electron chi connectivity index (χ0n) is 14.3. The van der Waals surface area contributed by atoms with Gasteiger partial charge in [-0.2, -0.15) is 0 Å². The number of H-pyrrole nitrogens is 1. The van der Waals surface area contributed by atoms with Crippen LogP contribution in [-0.2, 0) is 22.5 Å². The number of ether oxygens (including phenoxy) is 1. The SMILES string of the molecule is COC(=O)C(Cc1c[nH]c2ccccc12)N(Cc1ccccc1)C(=O)Cl. The van der Waals surface area contributed by atoms with Crippen molar-refractivity contribution < 1.29 is 14.3 Å². The second kappa shape index (κ2) is 8.06. The number of aromatic nitrogens is 1. The van der Waals surface area contributed by atoms with Crippen molar-refractivity contribution in [1.29, 1.82) is 0 Å². The number of amides is 1. The van der Waals surface area contributed by atoms with E-state index in [1.54, 1.807) is 0 Å². The van der Waals surface area contributed by atoms with Gasteiger partial charge in [0.1, 0.15) is 6.04 Å². The molecule has 1 atom stereocenters. The summed E-state index contributed by atoms with van der Waals surface area (Å²) in [5.41, 5.74) is 2.78. The van der Waals surface area contributed by atoms with Crippen LogP contribution in [0, 0.1) is 0 Å². The number of hydrogen-bond donors (Lipinski definition) is 1. The van der Waals surface area contributed by atoms with Crippen molar-refractivity contribution in [2.75, 3.05) is 7.11 Å². The molecule has 1 amide bonds. The highest BCUT2D eigenvalue weighted by Gasteiger charge is 2.31. The Morgan fingerprint density at radius 1 is 1.12 bits per heavy atom. The number of halogens is 1. The van der Waals surface area contributed by atoms with Crippen molar-refractivity contribution in [3.8, 4) is 0 Å². The van der Waals surface area contributed by atoms with E-state index in [0.717, 1.165) is 22.0 Å². The van der Waals surface area contributed by atoms with Gasteiger partial charge in [-0.15, -0.1) is 0 Å². The van der Waals surface area contributed by atoms with Crippen LogP contribution in [0.1, 0.15) is 11.1 Å². The van der Waals surface area contributed by atoms with Gasteiger partial charge in [0.25, 0.3) is 0 Å². The summed E-state index contributed by atoms with van der Waals surface area (Å²) in [6.45, 7) is 0.227. The van der Waals surface area contributed by atoms with E-state index in [2.05, 4.69) is 4.98 Å². The smallest absolute Gasteiger partial charge is 0.328 e. The predicted molar refractivity (Wildman–Crippen MR) is 101 cm³/mol. The van der Waals surface area contributed by atoms with E-state index in [1.165, 1.54) is 12.0 Å². The molecule has 0 spiro atoms. The molecule has 0 fully saturated rings. The lowest BCUT2D eigenvalue weighted by Crippen LogP contribution is -2.44. The summed E-state index contributed by atoms with van der Waals surface area (Å²) in [6.07, 6.45) is 2.15. The highest BCUT2D eigenvalue weighted by molar-refractivity contribution is 6.62. The summed E-state index contributed by atoms with van der Waals surface area (Å²) in [6, 6.07) is 16.4. The van der Waals surface area contributed by atoms with Crippen molar-refractivity contribution in [3.63, 3.8) is 0 Å². The number of rotatable bonds is 6. The van der Waals surface area contributed by atoms with E-state index in [-0.39, 0.29) is 6.54 Å². The van der Waals surface area contributed by atoms with Gasteiger partial charge >= 0.3 is 11.3 Å². The van der Waals surface area contributed by atoms with Gasteiger partial charge in [-0.05, 0) is 28.8 Å². The molecule has 3 rings (SSSR count). The maximum atomic E-state index is 12.4. The highest BCUT2D eigenvalue weighted by atomic mass is 35.5. The van der Waals surface area contributed by atoms with E-state index in [4.69, 9.17) is 16.3 Å². The quantitative estimate of drug-likeness (QED) is 0.403. The van der Waals surface area contributed by atoms with Crippen LogP contribution in [0.15, 0.2) is 60.8 Å². The third-order valence-electron chi connectivity index (χ3n) is 4.36. The molecule has 0 aliphatic heterocycles. The number of carbonyl (C=O) groups excluding carboxylic acids is 2. The number of aromatic amines is 1. The molecule has 2 aromatic carbocycles. The highest BCUT2D eigenvalue weighted by Crippen LogP contribution is 2.23. The van der Waals surface area contributed by atoms with Gasteiger partial charge in [0.2, 0.25) is 0 Å². The molecule has 26 heavy (non-hydrogen) atoms. The van der Waals surface area contributed by atoms with Crippen molar-refractivity contribution in [2.24, 2.45) is 0 Å². The first kappa shape index (κ1) is 18.0. The van der Waals surface area contributed by atoms with Crippen LogP contribution < -0.4 is 0 Å². The van der Waals surface area contributed by atoms with E-state index < -0.39 is 17.4 Å². The van der Waals surface area contributed by atoms with Crippen LogP contribution in [0.2, 0.25) is 0 Å². The van der Waals surface area contributed by atoms with Gasteiger partial charge in [-0.25, -0.2) is 4.79 Å². The molecule has 1 aromatic heterocycles. The summed E-state index contributed by atoms with van der Waals surface area (Å²) in [5, 5.41) is 0.312. The molecule has 0 saturated heterocycles. The number of hydrogen-bond acceptors (Lipinski definition) is 3. The lowest BCUT2D eigenvalue weighted by Gasteiger charge is -2.28. The number of para-hydroxylation sites is 1. The second-order valence-electron chi connectivity index (χ2n) is 5.97. The number of carbonyl (C=O) groups is 2. The molecule has 3 aromatic rings. The fourth-order valence-electron chi connectivity index (χ4n) is 3.04. The Hall–Kier alpha value is -2.79. The molecule has 1 N–H and O–H groups in total. The number of fused-ring (bicyclic) bond motifs is 1. The van der Waals surface area contributed by atoms with Gasteiger partial charge in [0, 0.05) is 30.1 Å². The Morgan fingerprint density at radius 3 is 2.50 bits per heavy atom. The average molecular weight is 371 g/mol. The van der Waals surface area contributed by atoms with Crippen LogP contribution in [0.25, 0.3) is 10.9 Å². The first-order valence-corrected chi connectivity index (χ1v) is 8.61. The topological polar surface area (TPSA) is 62.4 Å². The number of esters is 1. The van der Waals surface area contributed by atoms with Gasteiger partial charge in [-0.3, -0.25) is 4.79 Å². The molecule has 0 aliphatic rings. The van der Waals surface area contributed by atoms with E-state index in [0.29, 0.717) is 6.42 Å². The lowest BCUT2D eigenvalue weighted by molar-refractivity contribution is -0.145. The van der Waals surface area contributed by atoms with E-state index >= 15 is 0 Å². The van der Waals surface area contributed by atoms with Crippen molar-refractivity contribution in [1.82, 2.24) is 9.88 Å². The molecule has 5 nitrogen and oxygen atoms in total. The maximum Gasteiger partial charge on any atom is 0.328 e. The average Bonchev–Trinajstić information content (AvgIpc) is 3.07. The number of methoxy groups -OCH3 is 1. The first-order chi connectivity index (χ1) is 12.6. The third kappa shape index (κ3) is 3.89. The monoisotopic (exact) mass is 370 g/mol. The zero-order valence-corrected chi connectivity index (χ0v) is 15.1. The molecule has 1 unspecified atom stereocenters. The summed E-state index contributed by atoms with van der Waals surface area (Å²) in [7, 11) is 1.31. The Labute approximate surface area is 156 Å². The van der Waals surface area contributed by atoms with Crippen LogP contribution in [0.5, 0.6) is 0 Å². The van der Waals surface area contributed by atoms with Crippen LogP contribution >= 0.6 is 11.6 Å². The fourth-order valence-corrected chi connectivity index (χ4v) is 3.22. The summed E-state index contributed by atoms with van der Waals surface area (Å²) in [4.78, 5) is 29.0. The Kier molecular flexibility index (Phi) is 5.58. The molecule has 0 radical (unpaired) electrons. The largest absolute Gasteiger partial charge is 0.467 e. The first-order valence-electron chi connectivity index (χ1n) is 8.23. The van der Waals surface area contributed by atoms with E-state index in [1.807, 2.05) is 60.8 Å². The number of benzene rings is 2. The molecule has 0 bridgehead atoms. The number of nitrogens with one attached hydrogen (secondary N) is 1. The van der Waals surface area contributed by atoms with Crippen LogP contribution in [0.4, 0.5) is 4.79 Å². The van der Waals surface area contributed by atoms with Crippen LogP contribution in [0.3, 0.4) is 0 Å².